The van der Waals surface area contributed by atoms with Crippen LogP contribution in [0.1, 0.15) is 19.4 Å². The lowest BCUT2D eigenvalue weighted by Gasteiger charge is -2.28. The molecule has 0 saturated carbocycles. The molecule has 134 valence electrons. The van der Waals surface area contributed by atoms with E-state index in [1.54, 1.807) is 26.0 Å². The first-order valence-electron chi connectivity index (χ1n) is 7.62. The van der Waals surface area contributed by atoms with Gasteiger partial charge in [-0.3, -0.25) is 14.4 Å². The number of hydrogen-bond acceptors (Lipinski definition) is 5. The Morgan fingerprint density at radius 1 is 1.12 bits per heavy atom. The fraction of sp³-hybridized carbons (Fsp3) is 0.294. The van der Waals surface area contributed by atoms with Crippen molar-refractivity contribution in [3.63, 3.8) is 0 Å². The summed E-state index contributed by atoms with van der Waals surface area (Å²) in [7, 11) is -2.57. The van der Waals surface area contributed by atoms with E-state index < -0.39 is 21.0 Å². The predicted octanol–water partition coefficient (Wildman–Crippen LogP) is 3.52. The zero-order valence-corrected chi connectivity index (χ0v) is 15.3. The number of aryl methyl sites for hydroxylation is 1. The molecule has 0 bridgehead atoms. The number of nitrogens with zero attached hydrogens (tertiary/aromatic N) is 2. The summed E-state index contributed by atoms with van der Waals surface area (Å²) in [4.78, 5) is 10.9. The molecule has 0 atom stereocenters. The molecule has 0 aliphatic carbocycles. The van der Waals surface area contributed by atoms with Gasteiger partial charge in [0.05, 0.1) is 23.0 Å². The number of benzene rings is 2. The maximum Gasteiger partial charge on any atom is 0.297 e. The third-order valence-electron chi connectivity index (χ3n) is 3.66. The van der Waals surface area contributed by atoms with E-state index in [1.807, 2.05) is 6.92 Å². The van der Waals surface area contributed by atoms with Crippen LogP contribution in [0, 0.1) is 17.0 Å². The van der Waals surface area contributed by atoms with Gasteiger partial charge in [0.15, 0.2) is 0 Å². The number of anilines is 1. The van der Waals surface area contributed by atoms with E-state index in [-0.39, 0.29) is 22.0 Å². The van der Waals surface area contributed by atoms with E-state index in [4.69, 9.17) is 4.74 Å². The first-order valence-corrected chi connectivity index (χ1v) is 9.06. The van der Waals surface area contributed by atoms with Crippen LogP contribution in [0.25, 0.3) is 0 Å². The number of hydrogen-bond donors (Lipinski definition) is 0. The van der Waals surface area contributed by atoms with Gasteiger partial charge in [-0.05, 0) is 45.0 Å². The van der Waals surface area contributed by atoms with Crippen molar-refractivity contribution in [2.45, 2.75) is 31.7 Å². The fourth-order valence-corrected chi connectivity index (χ4v) is 4.15. The van der Waals surface area contributed by atoms with Gasteiger partial charge >= 0.3 is 0 Å². The van der Waals surface area contributed by atoms with Gasteiger partial charge in [-0.15, -0.1) is 0 Å². The van der Waals surface area contributed by atoms with Crippen LogP contribution in [0.2, 0.25) is 0 Å². The molecule has 7 nitrogen and oxygen atoms in total. The highest BCUT2D eigenvalue weighted by Gasteiger charge is 2.32. The predicted molar refractivity (Wildman–Crippen MR) is 95.6 cm³/mol. The molecule has 2 aromatic carbocycles. The summed E-state index contributed by atoms with van der Waals surface area (Å²) in [5.41, 5.74) is 0.593. The van der Waals surface area contributed by atoms with Crippen LogP contribution in [-0.2, 0) is 10.0 Å². The van der Waals surface area contributed by atoms with Crippen molar-refractivity contribution >= 4 is 21.4 Å². The van der Waals surface area contributed by atoms with Crippen LogP contribution in [0.15, 0.2) is 47.4 Å². The summed E-state index contributed by atoms with van der Waals surface area (Å²) in [5.74, 6) is 0.284. The van der Waals surface area contributed by atoms with Crippen molar-refractivity contribution in [3.8, 4) is 5.75 Å². The monoisotopic (exact) mass is 364 g/mol. The molecular weight excluding hydrogens is 344 g/mol. The van der Waals surface area contributed by atoms with Crippen LogP contribution in [-0.4, -0.2) is 26.5 Å². The summed E-state index contributed by atoms with van der Waals surface area (Å²) in [5, 5.41) is 11.5. The maximum absolute atomic E-state index is 13.1. The van der Waals surface area contributed by atoms with Gasteiger partial charge in [-0.2, -0.15) is 0 Å². The molecule has 0 unspecified atom stereocenters. The maximum atomic E-state index is 13.1. The summed E-state index contributed by atoms with van der Waals surface area (Å²) in [6, 6.07) is 9.96. The lowest BCUT2D eigenvalue weighted by Crippen LogP contribution is -2.37. The Labute approximate surface area is 147 Å². The third-order valence-corrected chi connectivity index (χ3v) is 5.67. The number of rotatable bonds is 6. The molecule has 0 N–H and O–H groups in total. The van der Waals surface area contributed by atoms with E-state index in [2.05, 4.69) is 0 Å². The zero-order valence-electron chi connectivity index (χ0n) is 14.5. The second-order valence-corrected chi connectivity index (χ2v) is 7.63. The molecule has 25 heavy (non-hydrogen) atoms. The molecule has 0 radical (unpaired) electrons. The Bertz CT molecular complexity index is 876. The molecular formula is C17H20N2O5S. The van der Waals surface area contributed by atoms with Crippen molar-refractivity contribution in [1.82, 2.24) is 0 Å². The van der Waals surface area contributed by atoms with Gasteiger partial charge in [-0.1, -0.05) is 17.7 Å². The van der Waals surface area contributed by atoms with Crippen LogP contribution >= 0.6 is 0 Å². The smallest absolute Gasteiger partial charge is 0.297 e. The number of nitro benzene ring substituents is 1. The summed E-state index contributed by atoms with van der Waals surface area (Å²) in [6.07, 6.45) is 0. The van der Waals surface area contributed by atoms with Crippen molar-refractivity contribution in [3.05, 3.63) is 58.1 Å². The molecule has 0 heterocycles. The standard InChI is InChI=1S/C17H20N2O5S/c1-12(2)18(25(22,23)15-8-5-13(3)6-9-15)16-10-7-14(24-4)11-17(16)19(20)21/h5-12H,1-4H3. The Morgan fingerprint density at radius 2 is 1.72 bits per heavy atom. The second kappa shape index (κ2) is 7.10. The lowest BCUT2D eigenvalue weighted by molar-refractivity contribution is -0.384. The van der Waals surface area contributed by atoms with Crippen molar-refractivity contribution in [2.75, 3.05) is 11.4 Å². The van der Waals surface area contributed by atoms with E-state index in [0.717, 1.165) is 9.87 Å². The van der Waals surface area contributed by atoms with Crippen molar-refractivity contribution in [1.29, 1.82) is 0 Å². The largest absolute Gasteiger partial charge is 0.496 e. The Morgan fingerprint density at radius 3 is 2.20 bits per heavy atom. The zero-order chi connectivity index (χ0) is 18.8. The fourth-order valence-electron chi connectivity index (χ4n) is 2.47. The minimum absolute atomic E-state index is 0.00127. The first kappa shape index (κ1) is 18.7. The van der Waals surface area contributed by atoms with Crippen LogP contribution < -0.4 is 9.04 Å². The molecule has 0 spiro atoms. The van der Waals surface area contributed by atoms with Gasteiger partial charge < -0.3 is 4.74 Å². The van der Waals surface area contributed by atoms with Gasteiger partial charge in [0.1, 0.15) is 11.4 Å². The Kier molecular flexibility index (Phi) is 5.32. The third kappa shape index (κ3) is 3.74. The van der Waals surface area contributed by atoms with Gasteiger partial charge in [-0.25, -0.2) is 8.42 Å². The lowest BCUT2D eigenvalue weighted by atomic mass is 10.2. The topological polar surface area (TPSA) is 89.8 Å². The SMILES string of the molecule is COc1ccc(N(C(C)C)S(=O)(=O)c2ccc(C)cc2)c([N+](=O)[O-])c1. The van der Waals surface area contributed by atoms with Gasteiger partial charge in [0.25, 0.3) is 15.7 Å². The minimum atomic E-state index is -3.96. The van der Waals surface area contributed by atoms with E-state index >= 15 is 0 Å². The minimum Gasteiger partial charge on any atom is -0.496 e. The van der Waals surface area contributed by atoms with E-state index in [9.17, 15) is 18.5 Å². The summed E-state index contributed by atoms with van der Waals surface area (Å²) >= 11 is 0. The molecule has 8 heteroatoms. The normalized spacial score (nSPS) is 11.4. The van der Waals surface area contributed by atoms with Crippen LogP contribution in [0.5, 0.6) is 5.75 Å². The molecule has 0 fully saturated rings. The molecule has 0 aliphatic rings. The Hall–Kier alpha value is -2.61. The highest BCUT2D eigenvalue weighted by Crippen LogP contribution is 2.36. The molecule has 2 rings (SSSR count). The van der Waals surface area contributed by atoms with Gasteiger partial charge in [0.2, 0.25) is 0 Å². The Balaban J connectivity index is 2.66. The molecule has 0 aliphatic heterocycles. The van der Waals surface area contributed by atoms with Crippen molar-refractivity contribution < 1.29 is 18.1 Å². The number of sulfonamides is 1. The summed E-state index contributed by atoms with van der Waals surface area (Å²) < 4.78 is 32.2. The number of methoxy groups -OCH3 is 1. The van der Waals surface area contributed by atoms with Crippen molar-refractivity contribution in [2.24, 2.45) is 0 Å². The highest BCUT2D eigenvalue weighted by molar-refractivity contribution is 7.92. The average molecular weight is 364 g/mol. The second-order valence-electron chi connectivity index (χ2n) is 5.82. The van der Waals surface area contributed by atoms with E-state index in [0.29, 0.717) is 0 Å². The average Bonchev–Trinajstić information content (AvgIpc) is 2.54. The molecule has 2 aromatic rings. The van der Waals surface area contributed by atoms with E-state index in [1.165, 1.54) is 37.4 Å². The number of nitro groups is 1. The quantitative estimate of drug-likeness (QED) is 0.578. The highest BCUT2D eigenvalue weighted by atomic mass is 32.2. The molecule has 0 amide bonds. The molecule has 0 aromatic heterocycles. The summed E-state index contributed by atoms with van der Waals surface area (Å²) in [6.45, 7) is 5.18. The molecule has 0 saturated heterocycles. The van der Waals surface area contributed by atoms with Crippen LogP contribution in [0.3, 0.4) is 0 Å². The number of ether oxygens (including phenoxy) is 1. The van der Waals surface area contributed by atoms with Crippen LogP contribution in [0.4, 0.5) is 11.4 Å². The first-order chi connectivity index (χ1) is 11.7. The van der Waals surface area contributed by atoms with Gasteiger partial charge in [0, 0.05) is 6.04 Å².